The average molecular weight is 394 g/mol. The normalized spacial score (nSPS) is 18.4. The van der Waals surface area contributed by atoms with E-state index in [9.17, 15) is 4.39 Å². The van der Waals surface area contributed by atoms with E-state index in [1.165, 1.54) is 29.5 Å². The fourth-order valence-corrected chi connectivity index (χ4v) is 4.42. The number of aryl methyl sites for hydroxylation is 2. The van der Waals surface area contributed by atoms with Crippen molar-refractivity contribution in [3.05, 3.63) is 41.9 Å². The number of halogens is 1. The lowest BCUT2D eigenvalue weighted by molar-refractivity contribution is 0.131. The molecule has 1 aliphatic heterocycles. The summed E-state index contributed by atoms with van der Waals surface area (Å²) in [5.74, 6) is 0.773. The van der Waals surface area contributed by atoms with Crippen molar-refractivity contribution in [3.8, 4) is 0 Å². The molecule has 3 aromatic rings. The predicted octanol–water partition coefficient (Wildman–Crippen LogP) is 4.08. The van der Waals surface area contributed by atoms with Gasteiger partial charge in [-0.05, 0) is 75.4 Å². The maximum Gasteiger partial charge on any atom is 0.140 e. The lowest BCUT2D eigenvalue weighted by atomic mass is 9.94. The van der Waals surface area contributed by atoms with E-state index in [2.05, 4.69) is 32.0 Å². The van der Waals surface area contributed by atoms with E-state index < -0.39 is 5.67 Å². The molecule has 6 nitrogen and oxygen atoms in total. The van der Waals surface area contributed by atoms with Crippen LogP contribution < -0.4 is 16.0 Å². The molecule has 1 aliphatic carbocycles. The number of aromatic amines is 1. The smallest absolute Gasteiger partial charge is 0.140 e. The summed E-state index contributed by atoms with van der Waals surface area (Å²) < 4.78 is 14.8. The van der Waals surface area contributed by atoms with Gasteiger partial charge >= 0.3 is 0 Å². The largest absolute Gasteiger partial charge is 0.381 e. The number of piperidine rings is 1. The van der Waals surface area contributed by atoms with E-state index >= 15 is 0 Å². The average Bonchev–Trinajstić information content (AvgIpc) is 3.11. The highest BCUT2D eigenvalue weighted by Gasteiger charge is 2.31. The van der Waals surface area contributed by atoms with Crippen molar-refractivity contribution in [3.63, 3.8) is 0 Å². The Morgan fingerprint density at radius 3 is 2.79 bits per heavy atom. The Morgan fingerprint density at radius 2 is 1.90 bits per heavy atom. The van der Waals surface area contributed by atoms with Crippen molar-refractivity contribution in [2.24, 2.45) is 0 Å². The van der Waals surface area contributed by atoms with E-state index in [1.807, 2.05) is 12.1 Å². The number of fused-ring (bicyclic) bond motifs is 3. The second kappa shape index (κ2) is 7.63. The van der Waals surface area contributed by atoms with Gasteiger partial charge in [0.15, 0.2) is 0 Å². The van der Waals surface area contributed by atoms with Gasteiger partial charge in [-0.15, -0.1) is 0 Å². The van der Waals surface area contributed by atoms with Gasteiger partial charge in [0.05, 0.1) is 23.8 Å². The van der Waals surface area contributed by atoms with Gasteiger partial charge in [-0.1, -0.05) is 0 Å². The van der Waals surface area contributed by atoms with Gasteiger partial charge in [0.2, 0.25) is 0 Å². The van der Waals surface area contributed by atoms with Gasteiger partial charge in [0.1, 0.15) is 17.1 Å². The minimum Gasteiger partial charge on any atom is -0.381 e. The van der Waals surface area contributed by atoms with Crippen LogP contribution in [0.1, 0.15) is 36.9 Å². The van der Waals surface area contributed by atoms with Crippen LogP contribution >= 0.6 is 0 Å². The number of H-pyrrole nitrogens is 1. The van der Waals surface area contributed by atoms with Crippen LogP contribution in [0.4, 0.5) is 21.6 Å². The van der Waals surface area contributed by atoms with Crippen molar-refractivity contribution >= 4 is 28.2 Å². The quantitative estimate of drug-likeness (QED) is 0.524. The van der Waals surface area contributed by atoms with Gasteiger partial charge in [-0.2, -0.15) is 0 Å². The first kappa shape index (κ1) is 18.4. The number of alkyl halides is 1. The van der Waals surface area contributed by atoms with Crippen molar-refractivity contribution < 1.29 is 4.39 Å². The van der Waals surface area contributed by atoms with Crippen molar-refractivity contribution in [2.75, 3.05) is 30.3 Å². The van der Waals surface area contributed by atoms with Crippen LogP contribution in [0.5, 0.6) is 0 Å². The molecule has 5 rings (SSSR count). The number of anilines is 3. The molecule has 4 heterocycles. The van der Waals surface area contributed by atoms with Crippen LogP contribution in [0, 0.1) is 0 Å². The number of aromatic nitrogens is 3. The summed E-state index contributed by atoms with van der Waals surface area (Å²) in [4.78, 5) is 12.5. The molecule has 1 saturated heterocycles. The number of hydrogen-bond donors (Lipinski definition) is 4. The fourth-order valence-electron chi connectivity index (χ4n) is 4.42. The van der Waals surface area contributed by atoms with Crippen molar-refractivity contribution in [1.82, 2.24) is 20.3 Å². The van der Waals surface area contributed by atoms with Crippen LogP contribution in [0.15, 0.2) is 30.6 Å². The third kappa shape index (κ3) is 3.92. The SMILES string of the molecule is FC1(CNc2cncc(Nc3ccc4c5c([nH]c4n3)CCCC5)c2)CCNCC1. The second-order valence-electron chi connectivity index (χ2n) is 8.22. The zero-order valence-electron chi connectivity index (χ0n) is 16.5. The van der Waals surface area contributed by atoms with E-state index in [0.717, 1.165) is 48.8 Å². The van der Waals surface area contributed by atoms with Crippen LogP contribution in [-0.2, 0) is 12.8 Å². The zero-order chi connectivity index (χ0) is 19.7. The number of hydrogen-bond acceptors (Lipinski definition) is 5. The summed E-state index contributed by atoms with van der Waals surface area (Å²) >= 11 is 0. The Balaban J connectivity index is 1.29. The summed E-state index contributed by atoms with van der Waals surface area (Å²) in [7, 11) is 0. The molecule has 4 N–H and O–H groups in total. The molecule has 7 heteroatoms. The van der Waals surface area contributed by atoms with Crippen LogP contribution in [-0.4, -0.2) is 40.3 Å². The highest BCUT2D eigenvalue weighted by atomic mass is 19.1. The molecular weight excluding hydrogens is 367 g/mol. The van der Waals surface area contributed by atoms with E-state index in [1.54, 1.807) is 12.4 Å². The first-order chi connectivity index (χ1) is 14.2. The maximum atomic E-state index is 14.8. The fraction of sp³-hybridized carbons (Fsp3) is 0.455. The zero-order valence-corrected chi connectivity index (χ0v) is 16.5. The molecule has 0 amide bonds. The third-order valence-corrected chi connectivity index (χ3v) is 6.08. The topological polar surface area (TPSA) is 77.7 Å². The predicted molar refractivity (Wildman–Crippen MR) is 115 cm³/mol. The number of pyridine rings is 2. The Hall–Kier alpha value is -2.67. The van der Waals surface area contributed by atoms with E-state index in [0.29, 0.717) is 19.4 Å². The molecule has 0 radical (unpaired) electrons. The van der Waals surface area contributed by atoms with E-state index in [-0.39, 0.29) is 0 Å². The first-order valence-corrected chi connectivity index (χ1v) is 10.5. The van der Waals surface area contributed by atoms with Gasteiger partial charge in [-0.3, -0.25) is 4.98 Å². The molecule has 0 atom stereocenters. The molecule has 3 aromatic heterocycles. The van der Waals surface area contributed by atoms with Crippen LogP contribution in [0.25, 0.3) is 11.0 Å². The van der Waals surface area contributed by atoms with Crippen LogP contribution in [0.2, 0.25) is 0 Å². The molecule has 1 fully saturated rings. The summed E-state index contributed by atoms with van der Waals surface area (Å²) in [5.41, 5.74) is 4.18. The number of nitrogens with one attached hydrogen (secondary N) is 4. The number of nitrogens with zero attached hydrogens (tertiary/aromatic N) is 2. The molecule has 0 saturated carbocycles. The van der Waals surface area contributed by atoms with Gasteiger partial charge in [-0.25, -0.2) is 9.37 Å². The molecule has 0 spiro atoms. The third-order valence-electron chi connectivity index (χ3n) is 6.08. The Morgan fingerprint density at radius 1 is 1.07 bits per heavy atom. The highest BCUT2D eigenvalue weighted by Crippen LogP contribution is 2.30. The maximum absolute atomic E-state index is 14.8. The lowest BCUT2D eigenvalue weighted by Crippen LogP contribution is -2.43. The first-order valence-electron chi connectivity index (χ1n) is 10.5. The van der Waals surface area contributed by atoms with Crippen molar-refractivity contribution in [2.45, 2.75) is 44.2 Å². The van der Waals surface area contributed by atoms with Gasteiger partial charge in [0, 0.05) is 17.6 Å². The molecule has 29 heavy (non-hydrogen) atoms. The van der Waals surface area contributed by atoms with Gasteiger partial charge < -0.3 is 20.9 Å². The van der Waals surface area contributed by atoms with Crippen molar-refractivity contribution in [1.29, 1.82) is 0 Å². The van der Waals surface area contributed by atoms with Gasteiger partial charge in [0.25, 0.3) is 0 Å². The summed E-state index contributed by atoms with van der Waals surface area (Å²) in [6.07, 6.45) is 9.30. The van der Waals surface area contributed by atoms with Crippen LogP contribution in [0.3, 0.4) is 0 Å². The van der Waals surface area contributed by atoms with E-state index in [4.69, 9.17) is 4.98 Å². The summed E-state index contributed by atoms with van der Waals surface area (Å²) in [6.45, 7) is 1.76. The molecule has 0 aromatic carbocycles. The Bertz CT molecular complexity index is 1010. The minimum atomic E-state index is -1.16. The molecule has 0 unspecified atom stereocenters. The highest BCUT2D eigenvalue weighted by molar-refractivity contribution is 5.83. The second-order valence-corrected chi connectivity index (χ2v) is 8.22. The molecule has 0 bridgehead atoms. The minimum absolute atomic E-state index is 0.304. The Kier molecular flexibility index (Phi) is 4.83. The standard InChI is InChI=1S/C22H27FN6/c23-22(7-9-24-10-8-22)14-26-15-11-16(13-25-12-15)27-20-6-5-18-17-3-1-2-4-19(17)28-21(18)29-20/h5-6,11-13,24,26H,1-4,7-10,14H2,(H2,27,28,29). The lowest BCUT2D eigenvalue weighted by Gasteiger charge is -2.30. The molecular formula is C22H27FN6. The summed E-state index contributed by atoms with van der Waals surface area (Å²) in [6, 6.07) is 6.10. The number of rotatable bonds is 5. The monoisotopic (exact) mass is 394 g/mol. The Labute approximate surface area is 169 Å². The summed E-state index contributed by atoms with van der Waals surface area (Å²) in [5, 5.41) is 11.0. The molecule has 2 aliphatic rings. The molecule has 152 valence electrons.